The van der Waals surface area contributed by atoms with Crippen molar-refractivity contribution < 1.29 is 9.53 Å². The van der Waals surface area contributed by atoms with E-state index in [1.165, 1.54) is 76.2 Å². The van der Waals surface area contributed by atoms with Crippen LogP contribution in [0.25, 0.3) is 0 Å². The number of unbranched alkanes of at least 4 members (excludes halogenated alkanes) is 6. The van der Waals surface area contributed by atoms with Crippen molar-refractivity contribution in [1.82, 2.24) is 0 Å². The van der Waals surface area contributed by atoms with Crippen LogP contribution in [0.3, 0.4) is 0 Å². The second-order valence-electron chi connectivity index (χ2n) is 9.13. The molecule has 0 N–H and O–H groups in total. The lowest BCUT2D eigenvalue weighted by atomic mass is 9.77. The van der Waals surface area contributed by atoms with E-state index in [1.54, 1.807) is 0 Å². The maximum absolute atomic E-state index is 12.6. The number of ketones is 1. The number of hydrogen-bond acceptors (Lipinski definition) is 2. The van der Waals surface area contributed by atoms with E-state index in [4.69, 9.17) is 4.74 Å². The minimum Gasteiger partial charge on any atom is -0.370 e. The van der Waals surface area contributed by atoms with Crippen molar-refractivity contribution in [1.29, 1.82) is 0 Å². The third-order valence-corrected chi connectivity index (χ3v) is 6.71. The van der Waals surface area contributed by atoms with Crippen LogP contribution in [-0.4, -0.2) is 18.5 Å². The van der Waals surface area contributed by atoms with E-state index in [9.17, 15) is 4.79 Å². The quantitative estimate of drug-likeness (QED) is 0.233. The van der Waals surface area contributed by atoms with Gasteiger partial charge in [-0.25, -0.2) is 0 Å². The summed E-state index contributed by atoms with van der Waals surface area (Å²) in [4.78, 5) is 12.6. The first-order valence-corrected chi connectivity index (χ1v) is 12.4. The third kappa shape index (κ3) is 8.62. The van der Waals surface area contributed by atoms with Crippen molar-refractivity contribution in [2.24, 2.45) is 5.92 Å². The zero-order valence-corrected chi connectivity index (χ0v) is 19.3. The average Bonchev–Trinajstić information content (AvgIpc) is 2.76. The van der Waals surface area contributed by atoms with Crippen LogP contribution in [0, 0.1) is 5.92 Å². The highest BCUT2D eigenvalue weighted by molar-refractivity contribution is 5.99. The van der Waals surface area contributed by atoms with Crippen LogP contribution in [0.4, 0.5) is 0 Å². The molecule has 0 bridgehead atoms. The summed E-state index contributed by atoms with van der Waals surface area (Å²) in [5.41, 5.74) is 2.21. The molecule has 2 nitrogen and oxygen atoms in total. The summed E-state index contributed by atoms with van der Waals surface area (Å²) in [6.45, 7) is 7.02. The second kappa shape index (κ2) is 14.0. The Balaban J connectivity index is 1.72. The van der Waals surface area contributed by atoms with E-state index < -0.39 is 0 Å². The van der Waals surface area contributed by atoms with Crippen molar-refractivity contribution in [3.8, 4) is 0 Å². The lowest BCUT2D eigenvalue weighted by Gasteiger charge is -2.29. The predicted octanol–water partition coefficient (Wildman–Crippen LogP) is 8.10. The fraction of sp³-hybridized carbons (Fsp3) is 0.741. The Morgan fingerprint density at radius 1 is 0.897 bits per heavy atom. The molecule has 2 heteroatoms. The van der Waals surface area contributed by atoms with Crippen LogP contribution in [-0.2, 0) is 4.74 Å². The van der Waals surface area contributed by atoms with Gasteiger partial charge in [0, 0.05) is 12.2 Å². The zero-order chi connectivity index (χ0) is 20.9. The van der Waals surface area contributed by atoms with Gasteiger partial charge in [-0.05, 0) is 56.4 Å². The summed E-state index contributed by atoms with van der Waals surface area (Å²) in [6.07, 6.45) is 16.8. The first kappa shape index (κ1) is 24.1. The molecule has 0 saturated heterocycles. The molecule has 1 unspecified atom stereocenters. The Labute approximate surface area is 179 Å². The smallest absolute Gasteiger partial charge is 0.191 e. The molecule has 1 saturated carbocycles. The van der Waals surface area contributed by atoms with Crippen LogP contribution in [0.1, 0.15) is 126 Å². The molecule has 1 aliphatic rings. The molecule has 1 aromatic rings. The molecule has 29 heavy (non-hydrogen) atoms. The Kier molecular flexibility index (Phi) is 11.6. The molecule has 0 heterocycles. The molecule has 0 aliphatic heterocycles. The standard InChI is InChI=1S/C27H44O2/c1-4-6-8-9-10-12-23-13-15-24(16-14-23)25-17-19-26(20-18-25)27(28)22(3)29-21-11-7-5-2/h17-20,22-24H,4-16,21H2,1-3H3. The number of ether oxygens (including phenoxy) is 1. The molecule has 164 valence electrons. The minimum atomic E-state index is -0.342. The van der Waals surface area contributed by atoms with Crippen LogP contribution in [0.2, 0.25) is 0 Å². The van der Waals surface area contributed by atoms with Crippen molar-refractivity contribution in [3.05, 3.63) is 35.4 Å². The van der Waals surface area contributed by atoms with Gasteiger partial charge in [-0.2, -0.15) is 0 Å². The molecule has 1 aliphatic carbocycles. The molecular formula is C27H44O2. The zero-order valence-electron chi connectivity index (χ0n) is 19.3. The van der Waals surface area contributed by atoms with Gasteiger partial charge in [0.15, 0.2) is 5.78 Å². The lowest BCUT2D eigenvalue weighted by molar-refractivity contribution is 0.0465. The molecule has 0 spiro atoms. The van der Waals surface area contributed by atoms with Gasteiger partial charge < -0.3 is 4.74 Å². The minimum absolute atomic E-state index is 0.111. The Hall–Kier alpha value is -1.15. The topological polar surface area (TPSA) is 26.3 Å². The average molecular weight is 401 g/mol. The molecule has 1 aromatic carbocycles. The highest BCUT2D eigenvalue weighted by Gasteiger charge is 2.22. The fourth-order valence-electron chi connectivity index (χ4n) is 4.66. The molecule has 0 aromatic heterocycles. The van der Waals surface area contributed by atoms with Gasteiger partial charge in [-0.3, -0.25) is 4.79 Å². The number of rotatable bonds is 14. The first-order chi connectivity index (χ1) is 14.2. The van der Waals surface area contributed by atoms with Crippen LogP contribution in [0.5, 0.6) is 0 Å². The third-order valence-electron chi connectivity index (χ3n) is 6.71. The highest BCUT2D eigenvalue weighted by Crippen LogP contribution is 2.37. The fourth-order valence-corrected chi connectivity index (χ4v) is 4.66. The second-order valence-corrected chi connectivity index (χ2v) is 9.13. The van der Waals surface area contributed by atoms with Crippen molar-refractivity contribution in [3.63, 3.8) is 0 Å². The van der Waals surface area contributed by atoms with Gasteiger partial charge in [0.05, 0.1) is 0 Å². The number of carbonyl (C=O) groups is 1. The molecular weight excluding hydrogens is 356 g/mol. The van der Waals surface area contributed by atoms with Crippen LogP contribution >= 0.6 is 0 Å². The Morgan fingerprint density at radius 3 is 2.17 bits per heavy atom. The molecule has 1 atom stereocenters. The lowest BCUT2D eigenvalue weighted by Crippen LogP contribution is -2.21. The van der Waals surface area contributed by atoms with Crippen molar-refractivity contribution in [2.45, 2.75) is 116 Å². The monoisotopic (exact) mass is 400 g/mol. The number of Topliss-reactive ketones (excluding diaryl/α,β-unsaturated/α-hetero) is 1. The molecule has 0 radical (unpaired) electrons. The van der Waals surface area contributed by atoms with Gasteiger partial charge in [-0.1, -0.05) is 89.5 Å². The van der Waals surface area contributed by atoms with Crippen molar-refractivity contribution >= 4 is 5.78 Å². The van der Waals surface area contributed by atoms with E-state index in [0.717, 1.165) is 24.3 Å². The predicted molar refractivity (Wildman–Crippen MR) is 124 cm³/mol. The Bertz CT molecular complexity index is 554. The normalized spacial score (nSPS) is 20.5. The molecule has 0 amide bonds. The van der Waals surface area contributed by atoms with E-state index >= 15 is 0 Å². The number of hydrogen-bond donors (Lipinski definition) is 0. The van der Waals surface area contributed by atoms with Gasteiger partial charge in [0.2, 0.25) is 0 Å². The van der Waals surface area contributed by atoms with Gasteiger partial charge in [-0.15, -0.1) is 0 Å². The number of benzene rings is 1. The maximum atomic E-state index is 12.6. The van der Waals surface area contributed by atoms with E-state index in [0.29, 0.717) is 12.5 Å². The van der Waals surface area contributed by atoms with Crippen LogP contribution < -0.4 is 0 Å². The van der Waals surface area contributed by atoms with Gasteiger partial charge >= 0.3 is 0 Å². The van der Waals surface area contributed by atoms with E-state index in [2.05, 4.69) is 26.0 Å². The summed E-state index contributed by atoms with van der Waals surface area (Å²) in [5.74, 6) is 1.73. The first-order valence-electron chi connectivity index (χ1n) is 12.4. The Morgan fingerprint density at radius 2 is 1.52 bits per heavy atom. The van der Waals surface area contributed by atoms with E-state index in [-0.39, 0.29) is 11.9 Å². The summed E-state index contributed by atoms with van der Waals surface area (Å²) in [7, 11) is 0. The summed E-state index contributed by atoms with van der Waals surface area (Å²) >= 11 is 0. The van der Waals surface area contributed by atoms with E-state index in [1.807, 2.05) is 19.1 Å². The van der Waals surface area contributed by atoms with Crippen molar-refractivity contribution in [2.75, 3.05) is 6.61 Å². The largest absolute Gasteiger partial charge is 0.370 e. The van der Waals surface area contributed by atoms with Gasteiger partial charge in [0.1, 0.15) is 6.10 Å². The summed E-state index contributed by atoms with van der Waals surface area (Å²) in [5, 5.41) is 0. The SMILES string of the molecule is CCCCCCCC1CCC(c2ccc(C(=O)C(C)OCCCCC)cc2)CC1. The van der Waals surface area contributed by atoms with Crippen LogP contribution in [0.15, 0.2) is 24.3 Å². The summed E-state index contributed by atoms with van der Waals surface area (Å²) in [6, 6.07) is 8.41. The molecule has 2 rings (SSSR count). The summed E-state index contributed by atoms with van der Waals surface area (Å²) < 4.78 is 5.72. The number of carbonyl (C=O) groups excluding carboxylic acids is 1. The van der Waals surface area contributed by atoms with Gasteiger partial charge in [0.25, 0.3) is 0 Å². The molecule has 1 fully saturated rings. The maximum Gasteiger partial charge on any atom is 0.191 e. The highest BCUT2D eigenvalue weighted by atomic mass is 16.5.